The SMILES string of the molecule is Fc1ccccc1Nc1ncnc2cc(-c3cnn(C4CCNCC4)c3)ccc12. The van der Waals surface area contributed by atoms with Gasteiger partial charge in [-0.2, -0.15) is 5.10 Å². The number of rotatable bonds is 4. The van der Waals surface area contributed by atoms with Gasteiger partial charge in [-0.3, -0.25) is 4.68 Å². The predicted molar refractivity (Wildman–Crippen MR) is 112 cm³/mol. The van der Waals surface area contributed by atoms with E-state index in [-0.39, 0.29) is 5.82 Å². The largest absolute Gasteiger partial charge is 0.337 e. The van der Waals surface area contributed by atoms with Crippen molar-refractivity contribution in [3.63, 3.8) is 0 Å². The third-order valence-electron chi connectivity index (χ3n) is 5.38. The van der Waals surface area contributed by atoms with E-state index >= 15 is 0 Å². The first-order valence-corrected chi connectivity index (χ1v) is 9.79. The highest BCUT2D eigenvalue weighted by Gasteiger charge is 2.16. The first kappa shape index (κ1) is 17.8. The van der Waals surface area contributed by atoms with Crippen LogP contribution in [-0.4, -0.2) is 32.8 Å². The van der Waals surface area contributed by atoms with Gasteiger partial charge >= 0.3 is 0 Å². The van der Waals surface area contributed by atoms with Gasteiger partial charge in [0.05, 0.1) is 23.4 Å². The minimum Gasteiger partial charge on any atom is -0.337 e. The summed E-state index contributed by atoms with van der Waals surface area (Å²) in [6, 6.07) is 13.0. The van der Waals surface area contributed by atoms with Crippen molar-refractivity contribution in [1.82, 2.24) is 25.1 Å². The van der Waals surface area contributed by atoms with Crippen LogP contribution in [0.4, 0.5) is 15.9 Å². The molecule has 1 saturated heterocycles. The van der Waals surface area contributed by atoms with Gasteiger partial charge in [-0.05, 0) is 55.8 Å². The minimum atomic E-state index is -0.318. The number of nitrogens with one attached hydrogen (secondary N) is 2. The van der Waals surface area contributed by atoms with E-state index in [1.165, 1.54) is 12.4 Å². The highest BCUT2D eigenvalue weighted by molar-refractivity contribution is 5.93. The van der Waals surface area contributed by atoms with Gasteiger partial charge in [0.15, 0.2) is 0 Å². The highest BCUT2D eigenvalue weighted by Crippen LogP contribution is 2.29. The second-order valence-electron chi connectivity index (χ2n) is 7.25. The Morgan fingerprint density at radius 3 is 2.76 bits per heavy atom. The number of hydrogen-bond acceptors (Lipinski definition) is 5. The fourth-order valence-electron chi connectivity index (χ4n) is 3.78. The van der Waals surface area contributed by atoms with Crippen molar-refractivity contribution in [2.45, 2.75) is 18.9 Å². The van der Waals surface area contributed by atoms with Crippen molar-refractivity contribution in [1.29, 1.82) is 0 Å². The molecule has 0 spiro atoms. The molecule has 2 N–H and O–H groups in total. The summed E-state index contributed by atoms with van der Waals surface area (Å²) < 4.78 is 16.1. The summed E-state index contributed by atoms with van der Waals surface area (Å²) >= 11 is 0. The zero-order chi connectivity index (χ0) is 19.6. The third kappa shape index (κ3) is 3.56. The smallest absolute Gasteiger partial charge is 0.146 e. The van der Waals surface area contributed by atoms with Crippen LogP contribution in [-0.2, 0) is 0 Å². The Kier molecular flexibility index (Phi) is 4.65. The molecule has 0 unspecified atom stereocenters. The monoisotopic (exact) mass is 388 g/mol. The van der Waals surface area contributed by atoms with Crippen molar-refractivity contribution in [2.75, 3.05) is 18.4 Å². The first-order valence-electron chi connectivity index (χ1n) is 9.79. The Hall–Kier alpha value is -3.32. The maximum Gasteiger partial charge on any atom is 0.146 e. The standard InChI is InChI=1S/C22H21FN6/c23-19-3-1-2-4-20(19)28-22-18-6-5-15(11-21(18)25-14-26-22)16-12-27-29(13-16)17-7-9-24-10-8-17/h1-6,11-14,17,24H,7-10H2,(H,25,26,28). The molecular weight excluding hydrogens is 367 g/mol. The number of hydrogen-bond donors (Lipinski definition) is 2. The highest BCUT2D eigenvalue weighted by atomic mass is 19.1. The van der Waals surface area contributed by atoms with Crippen molar-refractivity contribution in [2.24, 2.45) is 0 Å². The molecule has 1 aliphatic rings. The molecule has 7 heteroatoms. The van der Waals surface area contributed by atoms with Gasteiger partial charge in [0.2, 0.25) is 0 Å². The summed E-state index contributed by atoms with van der Waals surface area (Å²) in [4.78, 5) is 8.71. The van der Waals surface area contributed by atoms with E-state index in [2.05, 4.69) is 36.6 Å². The van der Waals surface area contributed by atoms with E-state index in [0.717, 1.165) is 48.0 Å². The normalized spacial score (nSPS) is 14.9. The Balaban J connectivity index is 1.45. The second kappa shape index (κ2) is 7.60. The molecule has 0 amide bonds. The minimum absolute atomic E-state index is 0.318. The molecule has 4 aromatic rings. The number of aromatic nitrogens is 4. The van der Waals surface area contributed by atoms with E-state index in [1.807, 2.05) is 24.4 Å². The van der Waals surface area contributed by atoms with E-state index in [1.54, 1.807) is 18.2 Å². The molecule has 0 radical (unpaired) electrons. The van der Waals surface area contributed by atoms with Crippen LogP contribution in [0.15, 0.2) is 61.2 Å². The van der Waals surface area contributed by atoms with Gasteiger partial charge in [-0.25, -0.2) is 14.4 Å². The molecule has 1 fully saturated rings. The predicted octanol–water partition coefficient (Wildman–Crippen LogP) is 4.30. The van der Waals surface area contributed by atoms with E-state index in [9.17, 15) is 4.39 Å². The molecule has 2 aromatic carbocycles. The maximum atomic E-state index is 14.0. The lowest BCUT2D eigenvalue weighted by Gasteiger charge is -2.22. The summed E-state index contributed by atoms with van der Waals surface area (Å²) in [5, 5.41) is 11.9. The van der Waals surface area contributed by atoms with E-state index in [0.29, 0.717) is 17.5 Å². The number of piperidine rings is 1. The van der Waals surface area contributed by atoms with Crippen LogP contribution in [0.3, 0.4) is 0 Å². The summed E-state index contributed by atoms with van der Waals surface area (Å²) in [5.41, 5.74) is 3.30. The summed E-state index contributed by atoms with van der Waals surface area (Å²) in [7, 11) is 0. The molecule has 29 heavy (non-hydrogen) atoms. The van der Waals surface area contributed by atoms with Gasteiger partial charge < -0.3 is 10.6 Å². The van der Waals surface area contributed by atoms with Crippen LogP contribution in [0.5, 0.6) is 0 Å². The van der Waals surface area contributed by atoms with Crippen molar-refractivity contribution in [3.8, 4) is 11.1 Å². The van der Waals surface area contributed by atoms with Crippen LogP contribution >= 0.6 is 0 Å². The number of fused-ring (bicyclic) bond motifs is 1. The first-order chi connectivity index (χ1) is 14.3. The lowest BCUT2D eigenvalue weighted by atomic mass is 10.1. The Morgan fingerprint density at radius 1 is 1.03 bits per heavy atom. The average molecular weight is 388 g/mol. The lowest BCUT2D eigenvalue weighted by Crippen LogP contribution is -2.29. The summed E-state index contributed by atoms with van der Waals surface area (Å²) in [6.45, 7) is 2.06. The summed E-state index contributed by atoms with van der Waals surface area (Å²) in [6.07, 6.45) is 7.70. The second-order valence-corrected chi connectivity index (χ2v) is 7.25. The van der Waals surface area contributed by atoms with Crippen molar-refractivity contribution >= 4 is 22.4 Å². The average Bonchev–Trinajstić information content (AvgIpc) is 3.26. The molecule has 5 rings (SSSR count). The number of anilines is 2. The quantitative estimate of drug-likeness (QED) is 0.546. The number of para-hydroxylation sites is 1. The van der Waals surface area contributed by atoms with Crippen LogP contribution in [0.2, 0.25) is 0 Å². The van der Waals surface area contributed by atoms with E-state index in [4.69, 9.17) is 0 Å². The zero-order valence-corrected chi connectivity index (χ0v) is 15.8. The van der Waals surface area contributed by atoms with Gasteiger partial charge in [0.25, 0.3) is 0 Å². The molecule has 2 aromatic heterocycles. The molecule has 3 heterocycles. The molecular formula is C22H21FN6. The van der Waals surface area contributed by atoms with Crippen LogP contribution < -0.4 is 10.6 Å². The maximum absolute atomic E-state index is 14.0. The fraction of sp³-hybridized carbons (Fsp3) is 0.227. The van der Waals surface area contributed by atoms with Crippen molar-refractivity contribution in [3.05, 3.63) is 67.0 Å². The fourth-order valence-corrected chi connectivity index (χ4v) is 3.78. The topological polar surface area (TPSA) is 67.7 Å². The Labute approximate surface area is 167 Å². The van der Waals surface area contributed by atoms with Crippen LogP contribution in [0.1, 0.15) is 18.9 Å². The summed E-state index contributed by atoms with van der Waals surface area (Å²) in [5.74, 6) is 0.262. The van der Waals surface area contributed by atoms with Crippen molar-refractivity contribution < 1.29 is 4.39 Å². The third-order valence-corrected chi connectivity index (χ3v) is 5.38. The molecule has 6 nitrogen and oxygen atoms in total. The van der Waals surface area contributed by atoms with Crippen LogP contribution in [0.25, 0.3) is 22.0 Å². The number of benzene rings is 2. The molecule has 0 saturated carbocycles. The molecule has 1 aliphatic heterocycles. The van der Waals surface area contributed by atoms with Gasteiger partial charge in [-0.15, -0.1) is 0 Å². The molecule has 0 bridgehead atoms. The zero-order valence-electron chi connectivity index (χ0n) is 15.8. The Morgan fingerprint density at radius 2 is 1.90 bits per heavy atom. The molecule has 0 aliphatic carbocycles. The Bertz CT molecular complexity index is 1150. The molecule has 0 atom stereocenters. The number of halogens is 1. The van der Waals surface area contributed by atoms with Crippen LogP contribution in [0, 0.1) is 5.82 Å². The van der Waals surface area contributed by atoms with Gasteiger partial charge in [0, 0.05) is 17.1 Å². The van der Waals surface area contributed by atoms with E-state index < -0.39 is 0 Å². The van der Waals surface area contributed by atoms with Gasteiger partial charge in [0.1, 0.15) is 18.0 Å². The lowest BCUT2D eigenvalue weighted by molar-refractivity contribution is 0.343. The number of nitrogens with zero attached hydrogens (tertiary/aromatic N) is 4. The molecule has 146 valence electrons. The van der Waals surface area contributed by atoms with Gasteiger partial charge in [-0.1, -0.05) is 18.2 Å².